The van der Waals surface area contributed by atoms with Crippen LogP contribution in [0.4, 0.5) is 6.01 Å². The van der Waals surface area contributed by atoms with Crippen molar-refractivity contribution in [3.63, 3.8) is 0 Å². The van der Waals surface area contributed by atoms with E-state index in [1.165, 1.54) is 0 Å². The van der Waals surface area contributed by atoms with Crippen LogP contribution in [0.1, 0.15) is 19.2 Å². The number of amides is 1. The second-order valence-corrected chi connectivity index (χ2v) is 4.26. The summed E-state index contributed by atoms with van der Waals surface area (Å²) >= 11 is 0. The number of nitrogens with zero attached hydrogens (tertiary/aromatic N) is 3. The molecule has 0 bridgehead atoms. The van der Waals surface area contributed by atoms with E-state index in [9.17, 15) is 4.79 Å². The van der Waals surface area contributed by atoms with Crippen molar-refractivity contribution < 1.29 is 13.9 Å². The predicted molar refractivity (Wildman–Crippen MR) is 67.4 cm³/mol. The quantitative estimate of drug-likeness (QED) is 0.725. The molecule has 1 aromatic heterocycles. The lowest BCUT2D eigenvalue weighted by Crippen LogP contribution is -2.54. The van der Waals surface area contributed by atoms with Crippen molar-refractivity contribution in [1.29, 1.82) is 0 Å². The molecule has 19 heavy (non-hydrogen) atoms. The van der Waals surface area contributed by atoms with Gasteiger partial charge in [0, 0.05) is 13.1 Å². The highest BCUT2D eigenvalue weighted by Gasteiger charge is 2.32. The molecule has 0 saturated carbocycles. The molecule has 1 aromatic rings. The van der Waals surface area contributed by atoms with Crippen molar-refractivity contribution in [1.82, 2.24) is 15.5 Å². The number of carbonyl (C=O) groups is 1. The van der Waals surface area contributed by atoms with Crippen LogP contribution in [0.2, 0.25) is 0 Å². The molecule has 0 spiro atoms. The summed E-state index contributed by atoms with van der Waals surface area (Å²) in [5.74, 6) is 0.267. The highest BCUT2D eigenvalue weighted by atomic mass is 16.5. The van der Waals surface area contributed by atoms with Crippen LogP contribution in [0.5, 0.6) is 0 Å². The Morgan fingerprint density at radius 1 is 1.58 bits per heavy atom. The molecular weight excluding hydrogens is 250 g/mol. The van der Waals surface area contributed by atoms with Crippen LogP contribution in [0, 0.1) is 0 Å². The topological polar surface area (TPSA) is 107 Å². The van der Waals surface area contributed by atoms with Crippen molar-refractivity contribution in [2.75, 3.05) is 31.2 Å². The van der Waals surface area contributed by atoms with Gasteiger partial charge in [0.2, 0.25) is 11.8 Å². The summed E-state index contributed by atoms with van der Waals surface area (Å²) in [6.07, 6.45) is 0.886. The number of aromatic nitrogens is 2. The van der Waals surface area contributed by atoms with E-state index in [2.05, 4.69) is 15.5 Å². The van der Waals surface area contributed by atoms with Crippen molar-refractivity contribution in [3.8, 4) is 0 Å². The Hall–Kier alpha value is -1.67. The zero-order valence-corrected chi connectivity index (χ0v) is 11.0. The number of hydrogen-bond acceptors (Lipinski definition) is 7. The first-order chi connectivity index (χ1) is 9.26. The molecule has 106 valence electrons. The molecule has 0 aliphatic carbocycles. The minimum atomic E-state index is -0.439. The van der Waals surface area contributed by atoms with Gasteiger partial charge in [-0.25, -0.2) is 0 Å². The van der Waals surface area contributed by atoms with Crippen LogP contribution in [-0.2, 0) is 16.1 Å². The normalized spacial score (nSPS) is 19.5. The maximum atomic E-state index is 12.1. The first-order valence-electron chi connectivity index (χ1n) is 6.40. The standard InChI is InChI=1S/C11H19N5O3/c1-2-3-13-10(17)8-7-18-5-4-16(8)11-15-14-9(6-12)19-11/h8H,2-7,12H2,1H3,(H,13,17). The van der Waals surface area contributed by atoms with Gasteiger partial charge in [0.25, 0.3) is 0 Å². The maximum absolute atomic E-state index is 12.1. The SMILES string of the molecule is CCCNC(=O)C1COCCN1c1nnc(CN)o1. The Kier molecular flexibility index (Phi) is 4.69. The molecule has 1 saturated heterocycles. The van der Waals surface area contributed by atoms with E-state index in [1.54, 1.807) is 4.90 Å². The Balaban J connectivity index is 2.08. The molecule has 1 aliphatic rings. The third-order valence-corrected chi connectivity index (χ3v) is 2.86. The molecule has 3 N–H and O–H groups in total. The summed E-state index contributed by atoms with van der Waals surface area (Å²) in [4.78, 5) is 13.8. The number of nitrogens with two attached hydrogens (primary N) is 1. The molecule has 8 heteroatoms. The van der Waals surface area contributed by atoms with E-state index < -0.39 is 6.04 Å². The Bertz CT molecular complexity index is 422. The van der Waals surface area contributed by atoms with Crippen molar-refractivity contribution in [2.24, 2.45) is 5.73 Å². The molecular formula is C11H19N5O3. The molecule has 1 unspecified atom stereocenters. The molecule has 1 amide bonds. The van der Waals surface area contributed by atoms with Gasteiger partial charge in [-0.15, -0.1) is 5.10 Å². The first kappa shape index (κ1) is 13.8. The number of rotatable bonds is 5. The fraction of sp³-hybridized carbons (Fsp3) is 0.727. The average Bonchev–Trinajstić information content (AvgIpc) is 2.93. The summed E-state index contributed by atoms with van der Waals surface area (Å²) in [7, 11) is 0. The third-order valence-electron chi connectivity index (χ3n) is 2.86. The van der Waals surface area contributed by atoms with Crippen LogP contribution >= 0.6 is 0 Å². The number of nitrogens with one attached hydrogen (secondary N) is 1. The average molecular weight is 269 g/mol. The van der Waals surface area contributed by atoms with E-state index in [4.69, 9.17) is 14.9 Å². The molecule has 1 fully saturated rings. The van der Waals surface area contributed by atoms with E-state index in [-0.39, 0.29) is 12.5 Å². The summed E-state index contributed by atoms with van der Waals surface area (Å²) < 4.78 is 10.8. The van der Waals surface area contributed by atoms with Crippen LogP contribution in [0.15, 0.2) is 4.42 Å². The van der Waals surface area contributed by atoms with E-state index in [0.29, 0.717) is 38.2 Å². The van der Waals surface area contributed by atoms with Crippen LogP contribution in [0.3, 0.4) is 0 Å². The molecule has 2 rings (SSSR count). The maximum Gasteiger partial charge on any atom is 0.319 e. The lowest BCUT2D eigenvalue weighted by molar-refractivity contribution is -0.124. The minimum absolute atomic E-state index is 0.0888. The predicted octanol–water partition coefficient (Wildman–Crippen LogP) is -0.740. The number of hydrogen-bond donors (Lipinski definition) is 2. The largest absolute Gasteiger partial charge is 0.407 e. The second-order valence-electron chi connectivity index (χ2n) is 4.26. The fourth-order valence-corrected chi connectivity index (χ4v) is 1.86. The lowest BCUT2D eigenvalue weighted by Gasteiger charge is -2.32. The van der Waals surface area contributed by atoms with E-state index >= 15 is 0 Å². The summed E-state index contributed by atoms with van der Waals surface area (Å²) in [5, 5.41) is 10.6. The van der Waals surface area contributed by atoms with Gasteiger partial charge in [0.1, 0.15) is 6.04 Å². The van der Waals surface area contributed by atoms with Gasteiger partial charge in [-0.05, 0) is 6.42 Å². The summed E-state index contributed by atoms with van der Waals surface area (Å²) in [5.41, 5.74) is 5.43. The van der Waals surface area contributed by atoms with Crippen LogP contribution < -0.4 is 16.0 Å². The van der Waals surface area contributed by atoms with Gasteiger partial charge < -0.3 is 25.1 Å². The Morgan fingerprint density at radius 3 is 3.11 bits per heavy atom. The third kappa shape index (κ3) is 3.21. The monoisotopic (exact) mass is 269 g/mol. The molecule has 2 heterocycles. The zero-order valence-electron chi connectivity index (χ0n) is 11.0. The van der Waals surface area contributed by atoms with Gasteiger partial charge >= 0.3 is 6.01 Å². The lowest BCUT2D eigenvalue weighted by atomic mass is 10.2. The van der Waals surface area contributed by atoms with Crippen LogP contribution in [0.25, 0.3) is 0 Å². The smallest absolute Gasteiger partial charge is 0.319 e. The Morgan fingerprint density at radius 2 is 2.42 bits per heavy atom. The van der Waals surface area contributed by atoms with Gasteiger partial charge in [-0.2, -0.15) is 0 Å². The summed E-state index contributed by atoms with van der Waals surface area (Å²) in [6, 6.07) is -0.119. The molecule has 8 nitrogen and oxygen atoms in total. The molecule has 0 radical (unpaired) electrons. The minimum Gasteiger partial charge on any atom is -0.407 e. The number of ether oxygens (including phenoxy) is 1. The highest BCUT2D eigenvalue weighted by Crippen LogP contribution is 2.18. The Labute approximate surface area is 111 Å². The molecule has 0 aromatic carbocycles. The van der Waals surface area contributed by atoms with E-state index in [0.717, 1.165) is 6.42 Å². The van der Waals surface area contributed by atoms with Crippen molar-refractivity contribution in [2.45, 2.75) is 25.9 Å². The van der Waals surface area contributed by atoms with Gasteiger partial charge in [-0.1, -0.05) is 12.0 Å². The van der Waals surface area contributed by atoms with Gasteiger partial charge in [0.05, 0.1) is 19.8 Å². The van der Waals surface area contributed by atoms with Crippen molar-refractivity contribution >= 4 is 11.9 Å². The van der Waals surface area contributed by atoms with Gasteiger partial charge in [-0.3, -0.25) is 4.79 Å². The highest BCUT2D eigenvalue weighted by molar-refractivity contribution is 5.84. The molecule has 1 atom stereocenters. The van der Waals surface area contributed by atoms with Crippen LogP contribution in [-0.4, -0.2) is 48.4 Å². The summed E-state index contributed by atoms with van der Waals surface area (Å²) in [6.45, 7) is 4.20. The number of anilines is 1. The number of carbonyl (C=O) groups excluding carboxylic acids is 1. The molecule has 1 aliphatic heterocycles. The van der Waals surface area contributed by atoms with E-state index in [1.807, 2.05) is 6.92 Å². The second kappa shape index (κ2) is 6.48. The van der Waals surface area contributed by atoms with Crippen molar-refractivity contribution in [3.05, 3.63) is 5.89 Å². The van der Waals surface area contributed by atoms with Gasteiger partial charge in [0.15, 0.2) is 0 Å². The fourth-order valence-electron chi connectivity index (χ4n) is 1.86. The zero-order chi connectivity index (χ0) is 13.7. The first-order valence-corrected chi connectivity index (χ1v) is 6.40. The number of morpholine rings is 1.